The molecule has 104 valence electrons. The number of ether oxygens (including phenoxy) is 1. The summed E-state index contributed by atoms with van der Waals surface area (Å²) in [5.41, 5.74) is 0.500. The van der Waals surface area contributed by atoms with Gasteiger partial charge in [0, 0.05) is 13.1 Å². The molecule has 0 spiro atoms. The van der Waals surface area contributed by atoms with E-state index >= 15 is 0 Å². The van der Waals surface area contributed by atoms with Crippen LogP contribution in [0.5, 0.6) is 5.88 Å². The van der Waals surface area contributed by atoms with Gasteiger partial charge in [-0.1, -0.05) is 30.3 Å². The Morgan fingerprint density at radius 1 is 1.20 bits per heavy atom. The maximum Gasteiger partial charge on any atom is 0.264 e. The van der Waals surface area contributed by atoms with Gasteiger partial charge in [0.05, 0.1) is 13.2 Å². The van der Waals surface area contributed by atoms with Crippen molar-refractivity contribution in [3.8, 4) is 17.0 Å². The predicted octanol–water partition coefficient (Wildman–Crippen LogP) is 0.979. The molecule has 0 atom stereocenters. The minimum absolute atomic E-state index is 0.197. The second-order valence-corrected chi connectivity index (χ2v) is 4.55. The Balaban J connectivity index is 2.01. The number of hydrogen-bond donors (Lipinski definition) is 2. The van der Waals surface area contributed by atoms with E-state index in [4.69, 9.17) is 4.74 Å². The highest BCUT2D eigenvalue weighted by Gasteiger charge is 2.18. The number of aromatic hydroxyl groups is 1. The summed E-state index contributed by atoms with van der Waals surface area (Å²) in [6.07, 6.45) is 0. The first-order valence-electron chi connectivity index (χ1n) is 6.47. The van der Waals surface area contributed by atoms with E-state index in [0.29, 0.717) is 37.8 Å². The molecule has 1 aliphatic rings. The molecule has 1 aromatic carbocycles. The normalized spacial score (nSPS) is 15.3. The predicted molar refractivity (Wildman–Crippen MR) is 75.0 cm³/mol. The molecular formula is C14H15N3O3. The highest BCUT2D eigenvalue weighted by atomic mass is 16.5. The van der Waals surface area contributed by atoms with Crippen LogP contribution in [0.2, 0.25) is 0 Å². The van der Waals surface area contributed by atoms with Crippen LogP contribution in [0.3, 0.4) is 0 Å². The molecule has 2 aromatic rings. The topological polar surface area (TPSA) is 78.5 Å². The van der Waals surface area contributed by atoms with Crippen LogP contribution in [0.1, 0.15) is 0 Å². The SMILES string of the molecule is O=c1[nH]c(N2CCOCC2)nc(O)c1-c1ccccc1. The minimum Gasteiger partial charge on any atom is -0.493 e. The number of benzene rings is 1. The molecule has 0 bridgehead atoms. The zero-order chi connectivity index (χ0) is 13.9. The van der Waals surface area contributed by atoms with Gasteiger partial charge in [-0.15, -0.1) is 0 Å². The van der Waals surface area contributed by atoms with Gasteiger partial charge in [0.25, 0.3) is 5.56 Å². The molecule has 6 nitrogen and oxygen atoms in total. The van der Waals surface area contributed by atoms with Gasteiger partial charge < -0.3 is 14.7 Å². The number of anilines is 1. The molecule has 0 amide bonds. The monoisotopic (exact) mass is 273 g/mol. The third-order valence-electron chi connectivity index (χ3n) is 3.26. The summed E-state index contributed by atoms with van der Waals surface area (Å²) in [7, 11) is 0. The number of nitrogens with one attached hydrogen (secondary N) is 1. The molecule has 3 rings (SSSR count). The molecule has 2 N–H and O–H groups in total. The zero-order valence-corrected chi connectivity index (χ0v) is 10.9. The van der Waals surface area contributed by atoms with E-state index in [2.05, 4.69) is 9.97 Å². The largest absolute Gasteiger partial charge is 0.493 e. The van der Waals surface area contributed by atoms with Gasteiger partial charge >= 0.3 is 0 Å². The second kappa shape index (κ2) is 5.34. The number of H-pyrrole nitrogens is 1. The van der Waals surface area contributed by atoms with E-state index in [1.165, 1.54) is 0 Å². The number of nitrogens with zero attached hydrogens (tertiary/aromatic N) is 2. The van der Waals surface area contributed by atoms with Crippen LogP contribution in [-0.2, 0) is 4.74 Å². The van der Waals surface area contributed by atoms with E-state index in [1.54, 1.807) is 12.1 Å². The van der Waals surface area contributed by atoms with Gasteiger partial charge in [-0.3, -0.25) is 9.78 Å². The lowest BCUT2D eigenvalue weighted by Gasteiger charge is -2.27. The average molecular weight is 273 g/mol. The molecule has 0 saturated carbocycles. The first-order valence-corrected chi connectivity index (χ1v) is 6.47. The quantitative estimate of drug-likeness (QED) is 0.852. The average Bonchev–Trinajstić information content (AvgIpc) is 2.48. The highest BCUT2D eigenvalue weighted by molar-refractivity contribution is 5.67. The number of aromatic nitrogens is 2. The van der Waals surface area contributed by atoms with Crippen LogP contribution in [0.15, 0.2) is 35.1 Å². The number of hydrogen-bond acceptors (Lipinski definition) is 5. The third kappa shape index (κ3) is 2.37. The maximum absolute atomic E-state index is 12.2. The Morgan fingerprint density at radius 2 is 1.90 bits per heavy atom. The lowest BCUT2D eigenvalue weighted by Crippen LogP contribution is -2.38. The van der Waals surface area contributed by atoms with Crippen molar-refractivity contribution in [2.24, 2.45) is 0 Å². The first-order chi connectivity index (χ1) is 9.75. The summed E-state index contributed by atoms with van der Waals surface area (Å²) in [5, 5.41) is 10.1. The Hall–Kier alpha value is -2.34. The molecular weight excluding hydrogens is 258 g/mol. The zero-order valence-electron chi connectivity index (χ0n) is 10.9. The third-order valence-corrected chi connectivity index (χ3v) is 3.26. The van der Waals surface area contributed by atoms with Gasteiger partial charge in [-0.2, -0.15) is 4.98 Å². The second-order valence-electron chi connectivity index (χ2n) is 4.55. The van der Waals surface area contributed by atoms with Gasteiger partial charge in [-0.25, -0.2) is 0 Å². The van der Waals surface area contributed by atoms with Gasteiger partial charge in [0.15, 0.2) is 0 Å². The lowest BCUT2D eigenvalue weighted by atomic mass is 10.1. The van der Waals surface area contributed by atoms with E-state index in [0.717, 1.165) is 0 Å². The van der Waals surface area contributed by atoms with Crippen molar-refractivity contribution < 1.29 is 9.84 Å². The smallest absolute Gasteiger partial charge is 0.264 e. The van der Waals surface area contributed by atoms with E-state index < -0.39 is 0 Å². The Kier molecular flexibility index (Phi) is 3.39. The number of morpholine rings is 1. The maximum atomic E-state index is 12.2. The van der Waals surface area contributed by atoms with Crippen molar-refractivity contribution in [3.63, 3.8) is 0 Å². The van der Waals surface area contributed by atoms with Gasteiger partial charge in [-0.05, 0) is 5.56 Å². The van der Waals surface area contributed by atoms with Crippen LogP contribution in [0, 0.1) is 0 Å². The van der Waals surface area contributed by atoms with Gasteiger partial charge in [0.2, 0.25) is 11.8 Å². The van der Waals surface area contributed by atoms with E-state index in [1.807, 2.05) is 23.1 Å². The Bertz CT molecular complexity index is 648. The van der Waals surface area contributed by atoms with Crippen molar-refractivity contribution in [2.45, 2.75) is 0 Å². The fourth-order valence-electron chi connectivity index (χ4n) is 2.24. The first kappa shape index (κ1) is 12.7. The summed E-state index contributed by atoms with van der Waals surface area (Å²) >= 11 is 0. The molecule has 20 heavy (non-hydrogen) atoms. The van der Waals surface area contributed by atoms with E-state index in [-0.39, 0.29) is 17.0 Å². The van der Waals surface area contributed by atoms with Crippen LogP contribution in [0.25, 0.3) is 11.1 Å². The van der Waals surface area contributed by atoms with Crippen LogP contribution < -0.4 is 10.5 Å². The highest BCUT2D eigenvalue weighted by Crippen LogP contribution is 2.24. The fourth-order valence-corrected chi connectivity index (χ4v) is 2.24. The fraction of sp³-hybridized carbons (Fsp3) is 0.286. The lowest BCUT2D eigenvalue weighted by molar-refractivity contribution is 0.122. The van der Waals surface area contributed by atoms with Crippen LogP contribution in [-0.4, -0.2) is 41.4 Å². The van der Waals surface area contributed by atoms with Crippen molar-refractivity contribution in [3.05, 3.63) is 40.7 Å². The standard InChI is InChI=1S/C14H15N3O3/c18-12-11(10-4-2-1-3-5-10)13(19)16-14(15-12)17-6-8-20-9-7-17/h1-5H,6-9H2,(H2,15,16,18,19). The van der Waals surface area contributed by atoms with Crippen LogP contribution in [0.4, 0.5) is 5.95 Å². The van der Waals surface area contributed by atoms with Crippen molar-refractivity contribution in [1.29, 1.82) is 0 Å². The van der Waals surface area contributed by atoms with Gasteiger partial charge in [0.1, 0.15) is 5.56 Å². The minimum atomic E-state index is -0.342. The number of rotatable bonds is 2. The van der Waals surface area contributed by atoms with Crippen LogP contribution >= 0.6 is 0 Å². The molecule has 1 aromatic heterocycles. The van der Waals surface area contributed by atoms with E-state index in [9.17, 15) is 9.90 Å². The summed E-state index contributed by atoms with van der Waals surface area (Å²) < 4.78 is 5.25. The van der Waals surface area contributed by atoms with Crippen molar-refractivity contribution >= 4 is 5.95 Å². The Morgan fingerprint density at radius 3 is 2.55 bits per heavy atom. The summed E-state index contributed by atoms with van der Waals surface area (Å²) in [6, 6.07) is 9.00. The van der Waals surface area contributed by atoms with Crippen molar-refractivity contribution in [2.75, 3.05) is 31.2 Å². The molecule has 0 radical (unpaired) electrons. The summed E-state index contributed by atoms with van der Waals surface area (Å²) in [4.78, 5) is 20.9. The summed E-state index contributed by atoms with van der Waals surface area (Å²) in [6.45, 7) is 2.47. The van der Waals surface area contributed by atoms with Crippen molar-refractivity contribution in [1.82, 2.24) is 9.97 Å². The molecule has 6 heteroatoms. The molecule has 0 unspecified atom stereocenters. The molecule has 2 heterocycles. The Labute approximate surface area is 115 Å². The molecule has 1 saturated heterocycles. The number of aromatic amines is 1. The molecule has 1 aliphatic heterocycles. The molecule has 1 fully saturated rings. The summed E-state index contributed by atoms with van der Waals surface area (Å²) in [5.74, 6) is 0.136. The molecule has 0 aliphatic carbocycles.